The molecule has 0 aromatic heterocycles. The van der Waals surface area contributed by atoms with Gasteiger partial charge in [0.05, 0.1) is 28.3 Å². The Hall–Kier alpha value is -1.19. The molecule has 2 aromatic rings. The van der Waals surface area contributed by atoms with Crippen LogP contribution >= 0.6 is 27.5 Å². The van der Waals surface area contributed by atoms with Crippen molar-refractivity contribution in [1.29, 1.82) is 0 Å². The number of aryl methyl sites for hydroxylation is 1. The molecular formula is C17H17BrClNO. The number of hydrogen-bond acceptors (Lipinski definition) is 2. The molecule has 0 saturated carbocycles. The number of fused-ring (bicyclic) bond motifs is 1. The van der Waals surface area contributed by atoms with E-state index in [1.54, 1.807) is 7.11 Å². The van der Waals surface area contributed by atoms with Gasteiger partial charge in [-0.25, -0.2) is 0 Å². The third-order valence-corrected chi connectivity index (χ3v) is 5.34. The molecular weight excluding hydrogens is 350 g/mol. The molecule has 2 nitrogen and oxygen atoms in total. The fraction of sp³-hybridized carbons (Fsp3) is 0.294. The number of hydrogen-bond donors (Lipinski definition) is 1. The lowest BCUT2D eigenvalue weighted by molar-refractivity contribution is 0.413. The molecule has 1 aliphatic rings. The third-order valence-electron chi connectivity index (χ3n) is 3.95. The Bertz CT molecular complexity index is 659. The van der Waals surface area contributed by atoms with Crippen LogP contribution in [-0.2, 0) is 6.42 Å². The maximum Gasteiger partial charge on any atom is 0.119 e. The van der Waals surface area contributed by atoms with Gasteiger partial charge in [-0.1, -0.05) is 23.7 Å². The molecule has 0 fully saturated rings. The first-order chi connectivity index (χ1) is 10.2. The van der Waals surface area contributed by atoms with Gasteiger partial charge in [0.1, 0.15) is 5.75 Å². The Balaban J connectivity index is 1.90. The van der Waals surface area contributed by atoms with Gasteiger partial charge >= 0.3 is 0 Å². The van der Waals surface area contributed by atoms with Crippen molar-refractivity contribution in [3.05, 3.63) is 57.0 Å². The molecule has 0 spiro atoms. The van der Waals surface area contributed by atoms with E-state index in [0.717, 1.165) is 33.8 Å². The van der Waals surface area contributed by atoms with Gasteiger partial charge in [0.2, 0.25) is 0 Å². The lowest BCUT2D eigenvalue weighted by Gasteiger charge is -2.28. The van der Waals surface area contributed by atoms with E-state index in [1.807, 2.05) is 24.3 Å². The van der Waals surface area contributed by atoms with Gasteiger partial charge in [-0.15, -0.1) is 0 Å². The number of methoxy groups -OCH3 is 1. The van der Waals surface area contributed by atoms with E-state index >= 15 is 0 Å². The predicted molar refractivity (Wildman–Crippen MR) is 91.4 cm³/mol. The molecule has 110 valence electrons. The van der Waals surface area contributed by atoms with Crippen LogP contribution in [0, 0.1) is 0 Å². The fourth-order valence-electron chi connectivity index (χ4n) is 2.87. The first kappa shape index (κ1) is 14.7. The van der Waals surface area contributed by atoms with Crippen LogP contribution in [0.3, 0.4) is 0 Å². The first-order valence-electron chi connectivity index (χ1n) is 7.06. The van der Waals surface area contributed by atoms with Crippen molar-refractivity contribution in [1.82, 2.24) is 0 Å². The second kappa shape index (κ2) is 6.29. The van der Waals surface area contributed by atoms with Crippen molar-refractivity contribution < 1.29 is 4.74 Å². The average Bonchev–Trinajstić information content (AvgIpc) is 2.51. The Morgan fingerprint density at radius 1 is 1.29 bits per heavy atom. The van der Waals surface area contributed by atoms with Crippen LogP contribution in [0.15, 0.2) is 40.9 Å². The maximum absolute atomic E-state index is 6.17. The molecule has 0 radical (unpaired) electrons. The second-order valence-corrected chi connectivity index (χ2v) is 6.46. The summed E-state index contributed by atoms with van der Waals surface area (Å²) in [6.45, 7) is 0. The van der Waals surface area contributed by atoms with Gasteiger partial charge in [-0.2, -0.15) is 0 Å². The van der Waals surface area contributed by atoms with Gasteiger partial charge in [-0.3, -0.25) is 0 Å². The van der Waals surface area contributed by atoms with Crippen LogP contribution < -0.4 is 10.1 Å². The molecule has 0 aliphatic heterocycles. The van der Waals surface area contributed by atoms with Crippen LogP contribution in [0.2, 0.25) is 5.02 Å². The lowest BCUT2D eigenvalue weighted by atomic mass is 9.87. The van der Waals surface area contributed by atoms with Crippen LogP contribution in [0.25, 0.3) is 0 Å². The predicted octanol–water partition coefficient (Wildman–Crippen LogP) is 5.60. The van der Waals surface area contributed by atoms with Crippen molar-refractivity contribution >= 4 is 33.2 Å². The average molecular weight is 367 g/mol. The zero-order chi connectivity index (χ0) is 14.8. The highest BCUT2D eigenvalue weighted by atomic mass is 79.9. The fourth-order valence-corrected chi connectivity index (χ4v) is 3.42. The summed E-state index contributed by atoms with van der Waals surface area (Å²) in [6, 6.07) is 12.6. The van der Waals surface area contributed by atoms with Crippen molar-refractivity contribution in [2.45, 2.75) is 25.3 Å². The third kappa shape index (κ3) is 3.04. The number of rotatable bonds is 3. The van der Waals surface area contributed by atoms with Gasteiger partial charge in [0.25, 0.3) is 0 Å². The monoisotopic (exact) mass is 365 g/mol. The number of benzene rings is 2. The molecule has 1 N–H and O–H groups in total. The molecule has 1 unspecified atom stereocenters. The Morgan fingerprint density at radius 2 is 2.14 bits per heavy atom. The molecule has 0 heterocycles. The highest BCUT2D eigenvalue weighted by Crippen LogP contribution is 2.37. The minimum Gasteiger partial charge on any atom is -0.497 e. The molecule has 1 aliphatic carbocycles. The molecule has 0 bridgehead atoms. The Labute approximate surface area is 138 Å². The summed E-state index contributed by atoms with van der Waals surface area (Å²) in [5.41, 5.74) is 3.77. The largest absolute Gasteiger partial charge is 0.497 e. The number of anilines is 1. The zero-order valence-corrected chi connectivity index (χ0v) is 14.2. The minimum atomic E-state index is 0.314. The summed E-state index contributed by atoms with van der Waals surface area (Å²) in [5.74, 6) is 0.929. The van der Waals surface area contributed by atoms with E-state index in [1.165, 1.54) is 17.5 Å². The second-order valence-electron chi connectivity index (χ2n) is 5.26. The number of nitrogens with one attached hydrogen (secondary N) is 1. The Morgan fingerprint density at radius 3 is 2.95 bits per heavy atom. The van der Waals surface area contributed by atoms with Crippen molar-refractivity contribution in [3.63, 3.8) is 0 Å². The van der Waals surface area contributed by atoms with Gasteiger partial charge in [-0.05, 0) is 70.6 Å². The highest BCUT2D eigenvalue weighted by molar-refractivity contribution is 9.10. The van der Waals surface area contributed by atoms with Crippen molar-refractivity contribution in [2.75, 3.05) is 12.4 Å². The normalized spacial score (nSPS) is 17.2. The molecule has 1 atom stereocenters. The Kier molecular flexibility index (Phi) is 4.41. The highest BCUT2D eigenvalue weighted by Gasteiger charge is 2.21. The summed E-state index contributed by atoms with van der Waals surface area (Å²) in [6.07, 6.45) is 3.41. The van der Waals surface area contributed by atoms with Crippen molar-refractivity contribution in [3.8, 4) is 5.75 Å². The summed E-state index contributed by atoms with van der Waals surface area (Å²) < 4.78 is 6.25. The molecule has 0 amide bonds. The molecule has 3 rings (SSSR count). The molecule has 21 heavy (non-hydrogen) atoms. The van der Waals surface area contributed by atoms with Gasteiger partial charge < -0.3 is 10.1 Å². The van der Waals surface area contributed by atoms with E-state index in [0.29, 0.717) is 6.04 Å². The maximum atomic E-state index is 6.17. The van der Waals surface area contributed by atoms with Crippen LogP contribution in [0.1, 0.15) is 30.0 Å². The molecule has 2 aromatic carbocycles. The first-order valence-corrected chi connectivity index (χ1v) is 8.23. The van der Waals surface area contributed by atoms with Gasteiger partial charge in [0.15, 0.2) is 0 Å². The van der Waals surface area contributed by atoms with E-state index in [9.17, 15) is 0 Å². The van der Waals surface area contributed by atoms with E-state index in [2.05, 4.69) is 33.4 Å². The SMILES string of the molecule is COc1ccc2c(c1)CCCC2Nc1cccc(Cl)c1Br. The smallest absolute Gasteiger partial charge is 0.119 e. The van der Waals surface area contributed by atoms with E-state index in [-0.39, 0.29) is 0 Å². The summed E-state index contributed by atoms with van der Waals surface area (Å²) >= 11 is 9.72. The van der Waals surface area contributed by atoms with Crippen LogP contribution in [-0.4, -0.2) is 7.11 Å². The number of ether oxygens (including phenoxy) is 1. The van der Waals surface area contributed by atoms with Crippen LogP contribution in [0.5, 0.6) is 5.75 Å². The minimum absolute atomic E-state index is 0.314. The quantitative estimate of drug-likeness (QED) is 0.763. The molecule has 4 heteroatoms. The van der Waals surface area contributed by atoms with Crippen LogP contribution in [0.4, 0.5) is 5.69 Å². The zero-order valence-electron chi connectivity index (χ0n) is 11.8. The van der Waals surface area contributed by atoms with Crippen molar-refractivity contribution in [2.24, 2.45) is 0 Å². The summed E-state index contributed by atoms with van der Waals surface area (Å²) in [4.78, 5) is 0. The summed E-state index contributed by atoms with van der Waals surface area (Å²) in [7, 11) is 1.71. The standard InChI is InChI=1S/C17H17BrClNO/c1-21-12-8-9-13-11(10-12)4-2-6-15(13)20-16-7-3-5-14(19)17(16)18/h3,5,7-10,15,20H,2,4,6H2,1H3. The number of halogens is 2. The lowest BCUT2D eigenvalue weighted by Crippen LogP contribution is -2.17. The summed E-state index contributed by atoms with van der Waals surface area (Å²) in [5, 5.41) is 4.34. The van der Waals surface area contributed by atoms with Gasteiger partial charge in [0, 0.05) is 0 Å². The van der Waals surface area contributed by atoms with E-state index < -0.39 is 0 Å². The topological polar surface area (TPSA) is 21.3 Å². The molecule has 0 saturated heterocycles. The van der Waals surface area contributed by atoms with E-state index in [4.69, 9.17) is 16.3 Å².